The standard InChI is InChI=1S/C14H11BrN2O/c1-18-14-8-13-10(7-12(14)15)9-17(16-13)11-5-3-2-4-6-11/h2-9H,1H3. The predicted molar refractivity (Wildman–Crippen MR) is 75.3 cm³/mol. The van der Waals surface area contributed by atoms with E-state index in [0.717, 1.165) is 26.8 Å². The summed E-state index contributed by atoms with van der Waals surface area (Å²) in [5.74, 6) is 0.792. The fourth-order valence-corrected chi connectivity index (χ4v) is 2.42. The van der Waals surface area contributed by atoms with E-state index in [1.54, 1.807) is 7.11 Å². The van der Waals surface area contributed by atoms with Crippen molar-refractivity contribution >= 4 is 26.8 Å². The van der Waals surface area contributed by atoms with Crippen molar-refractivity contribution in [3.05, 3.63) is 53.1 Å². The molecule has 3 aromatic rings. The highest BCUT2D eigenvalue weighted by Gasteiger charge is 2.07. The van der Waals surface area contributed by atoms with E-state index >= 15 is 0 Å². The van der Waals surface area contributed by atoms with Crippen LogP contribution in [0.2, 0.25) is 0 Å². The molecular formula is C14H11BrN2O. The van der Waals surface area contributed by atoms with Crippen molar-refractivity contribution in [1.82, 2.24) is 9.78 Å². The molecule has 3 nitrogen and oxygen atoms in total. The molecule has 0 fully saturated rings. The van der Waals surface area contributed by atoms with Gasteiger partial charge in [-0.15, -0.1) is 0 Å². The highest BCUT2D eigenvalue weighted by molar-refractivity contribution is 9.10. The number of para-hydroxylation sites is 1. The zero-order valence-corrected chi connectivity index (χ0v) is 11.4. The lowest BCUT2D eigenvalue weighted by atomic mass is 10.2. The van der Waals surface area contributed by atoms with E-state index in [-0.39, 0.29) is 0 Å². The molecule has 1 heterocycles. The Morgan fingerprint density at radius 1 is 1.17 bits per heavy atom. The van der Waals surface area contributed by atoms with Crippen molar-refractivity contribution in [2.24, 2.45) is 0 Å². The monoisotopic (exact) mass is 302 g/mol. The zero-order valence-electron chi connectivity index (χ0n) is 9.80. The molecule has 90 valence electrons. The van der Waals surface area contributed by atoms with Crippen LogP contribution in [-0.2, 0) is 0 Å². The van der Waals surface area contributed by atoms with E-state index in [4.69, 9.17) is 4.74 Å². The number of nitrogens with zero attached hydrogens (tertiary/aromatic N) is 2. The zero-order chi connectivity index (χ0) is 12.5. The Hall–Kier alpha value is -1.81. The molecule has 0 aliphatic carbocycles. The van der Waals surface area contributed by atoms with Crippen LogP contribution in [0, 0.1) is 0 Å². The summed E-state index contributed by atoms with van der Waals surface area (Å²) in [5.41, 5.74) is 1.96. The number of halogens is 1. The minimum absolute atomic E-state index is 0.792. The molecule has 0 saturated heterocycles. The van der Waals surface area contributed by atoms with Crippen LogP contribution in [0.4, 0.5) is 0 Å². The van der Waals surface area contributed by atoms with Crippen LogP contribution in [0.3, 0.4) is 0 Å². The van der Waals surface area contributed by atoms with E-state index in [9.17, 15) is 0 Å². The van der Waals surface area contributed by atoms with Gasteiger partial charge in [-0.1, -0.05) is 18.2 Å². The Kier molecular flexibility index (Phi) is 2.80. The molecule has 18 heavy (non-hydrogen) atoms. The first kappa shape index (κ1) is 11.3. The molecule has 0 spiro atoms. The Balaban J connectivity index is 2.17. The van der Waals surface area contributed by atoms with Crippen molar-refractivity contribution in [1.29, 1.82) is 0 Å². The summed E-state index contributed by atoms with van der Waals surface area (Å²) in [5, 5.41) is 5.62. The van der Waals surface area contributed by atoms with Crippen molar-refractivity contribution in [2.75, 3.05) is 7.11 Å². The van der Waals surface area contributed by atoms with Gasteiger partial charge in [0.15, 0.2) is 0 Å². The molecule has 0 atom stereocenters. The summed E-state index contributed by atoms with van der Waals surface area (Å²) < 4.78 is 8.08. The first-order valence-corrected chi connectivity index (χ1v) is 6.35. The molecule has 0 saturated carbocycles. The highest BCUT2D eigenvalue weighted by atomic mass is 79.9. The quantitative estimate of drug-likeness (QED) is 0.720. The number of fused-ring (bicyclic) bond motifs is 1. The van der Waals surface area contributed by atoms with Gasteiger partial charge in [-0.25, -0.2) is 4.68 Å². The third-order valence-electron chi connectivity index (χ3n) is 2.80. The first-order valence-electron chi connectivity index (χ1n) is 5.56. The van der Waals surface area contributed by atoms with Crippen LogP contribution >= 0.6 is 15.9 Å². The molecular weight excluding hydrogens is 292 g/mol. The number of hydrogen-bond acceptors (Lipinski definition) is 2. The molecule has 0 N–H and O–H groups in total. The molecule has 1 aromatic heterocycles. The maximum Gasteiger partial charge on any atom is 0.135 e. The topological polar surface area (TPSA) is 27.1 Å². The summed E-state index contributed by atoms with van der Waals surface area (Å²) >= 11 is 3.48. The second-order valence-electron chi connectivity index (χ2n) is 3.95. The van der Waals surface area contributed by atoms with Gasteiger partial charge in [-0.05, 0) is 34.1 Å². The van der Waals surface area contributed by atoms with Crippen LogP contribution < -0.4 is 4.74 Å². The molecule has 0 amide bonds. The fourth-order valence-electron chi connectivity index (χ4n) is 1.89. The molecule has 0 radical (unpaired) electrons. The predicted octanol–water partition coefficient (Wildman–Crippen LogP) is 3.80. The maximum atomic E-state index is 5.27. The lowest BCUT2D eigenvalue weighted by Crippen LogP contribution is -1.92. The molecule has 0 aliphatic heterocycles. The summed E-state index contributed by atoms with van der Waals surface area (Å²) in [6.07, 6.45) is 2.01. The summed E-state index contributed by atoms with van der Waals surface area (Å²) in [6.45, 7) is 0. The number of hydrogen-bond donors (Lipinski definition) is 0. The van der Waals surface area contributed by atoms with Crippen LogP contribution in [0.1, 0.15) is 0 Å². The molecule has 4 heteroatoms. The summed E-state index contributed by atoms with van der Waals surface area (Å²) in [4.78, 5) is 0. The maximum absolute atomic E-state index is 5.27. The molecule has 0 bridgehead atoms. The van der Waals surface area contributed by atoms with E-state index in [1.807, 2.05) is 53.3 Å². The van der Waals surface area contributed by atoms with E-state index in [1.165, 1.54) is 0 Å². The van der Waals surface area contributed by atoms with Crippen LogP contribution in [0.5, 0.6) is 5.75 Å². The third-order valence-corrected chi connectivity index (χ3v) is 3.42. The smallest absolute Gasteiger partial charge is 0.135 e. The normalized spacial score (nSPS) is 10.8. The van der Waals surface area contributed by atoms with Gasteiger partial charge in [0.05, 0.1) is 22.8 Å². The number of rotatable bonds is 2. The summed E-state index contributed by atoms with van der Waals surface area (Å²) in [7, 11) is 1.65. The van der Waals surface area contributed by atoms with Gasteiger partial charge in [-0.2, -0.15) is 5.10 Å². The first-order chi connectivity index (χ1) is 8.78. The van der Waals surface area contributed by atoms with Gasteiger partial charge in [0.1, 0.15) is 5.75 Å². The number of ether oxygens (including phenoxy) is 1. The fraction of sp³-hybridized carbons (Fsp3) is 0.0714. The molecule has 2 aromatic carbocycles. The van der Waals surface area contributed by atoms with E-state index < -0.39 is 0 Å². The third kappa shape index (κ3) is 1.88. The van der Waals surface area contributed by atoms with Gasteiger partial charge in [0.25, 0.3) is 0 Å². The minimum atomic E-state index is 0.792. The van der Waals surface area contributed by atoms with Gasteiger partial charge < -0.3 is 4.74 Å². The van der Waals surface area contributed by atoms with E-state index in [2.05, 4.69) is 21.0 Å². The Bertz CT molecular complexity index is 692. The molecule has 3 rings (SSSR count). The Morgan fingerprint density at radius 3 is 2.67 bits per heavy atom. The largest absolute Gasteiger partial charge is 0.495 e. The minimum Gasteiger partial charge on any atom is -0.495 e. The lowest BCUT2D eigenvalue weighted by Gasteiger charge is -2.01. The molecule has 0 unspecified atom stereocenters. The lowest BCUT2D eigenvalue weighted by molar-refractivity contribution is 0.412. The van der Waals surface area contributed by atoms with Crippen LogP contribution in [-0.4, -0.2) is 16.9 Å². The van der Waals surface area contributed by atoms with Crippen molar-refractivity contribution in [3.63, 3.8) is 0 Å². The van der Waals surface area contributed by atoms with Crippen molar-refractivity contribution < 1.29 is 4.74 Å². The number of methoxy groups -OCH3 is 1. The van der Waals surface area contributed by atoms with Gasteiger partial charge >= 0.3 is 0 Å². The van der Waals surface area contributed by atoms with Crippen LogP contribution in [0.15, 0.2) is 53.1 Å². The van der Waals surface area contributed by atoms with Crippen molar-refractivity contribution in [3.8, 4) is 11.4 Å². The second kappa shape index (κ2) is 4.46. The number of benzene rings is 2. The molecule has 0 aliphatic rings. The Labute approximate surface area is 113 Å². The number of aromatic nitrogens is 2. The average molecular weight is 303 g/mol. The second-order valence-corrected chi connectivity index (χ2v) is 4.81. The van der Waals surface area contributed by atoms with Gasteiger partial charge in [0, 0.05) is 17.6 Å². The van der Waals surface area contributed by atoms with Crippen molar-refractivity contribution in [2.45, 2.75) is 0 Å². The van der Waals surface area contributed by atoms with Crippen LogP contribution in [0.25, 0.3) is 16.6 Å². The highest BCUT2D eigenvalue weighted by Crippen LogP contribution is 2.30. The average Bonchev–Trinajstić information content (AvgIpc) is 2.81. The Morgan fingerprint density at radius 2 is 1.94 bits per heavy atom. The SMILES string of the molecule is COc1cc2nn(-c3ccccc3)cc2cc1Br. The van der Waals surface area contributed by atoms with Gasteiger partial charge in [0.2, 0.25) is 0 Å². The van der Waals surface area contributed by atoms with Gasteiger partial charge in [-0.3, -0.25) is 0 Å². The van der Waals surface area contributed by atoms with E-state index in [0.29, 0.717) is 0 Å². The summed E-state index contributed by atoms with van der Waals surface area (Å²) in [6, 6.07) is 14.0.